The van der Waals surface area contributed by atoms with Crippen molar-refractivity contribution in [2.45, 2.75) is 26.3 Å². The summed E-state index contributed by atoms with van der Waals surface area (Å²) in [5.74, 6) is 0.0148. The van der Waals surface area contributed by atoms with Crippen LogP contribution in [0.1, 0.15) is 29.9 Å². The van der Waals surface area contributed by atoms with E-state index < -0.39 is 0 Å². The number of carbonyl (C=O) groups excluding carboxylic acids is 1. The molecule has 26 heavy (non-hydrogen) atoms. The second kappa shape index (κ2) is 8.65. The molecule has 0 aliphatic carbocycles. The van der Waals surface area contributed by atoms with Gasteiger partial charge in [-0.05, 0) is 30.5 Å². The monoisotopic (exact) mass is 398 g/mol. The summed E-state index contributed by atoms with van der Waals surface area (Å²) in [6.07, 6.45) is 1.01. The number of amides is 1. The molecule has 142 valence electrons. The van der Waals surface area contributed by atoms with E-state index in [-0.39, 0.29) is 17.8 Å². The molecule has 1 saturated heterocycles. The Hall–Kier alpha value is -1.21. The number of rotatable bonds is 6. The van der Waals surface area contributed by atoms with Crippen molar-refractivity contribution in [3.63, 3.8) is 0 Å². The summed E-state index contributed by atoms with van der Waals surface area (Å²) in [6.45, 7) is 8.17. The fraction of sp³-hybridized carbons (Fsp3) is 0.526. The number of nitrogens with one attached hydrogen (secondary N) is 1. The Labute approximate surface area is 162 Å². The molecule has 1 N–H and O–H groups in total. The maximum atomic E-state index is 13.4. The summed E-state index contributed by atoms with van der Waals surface area (Å²) in [7, 11) is 0. The van der Waals surface area contributed by atoms with Crippen LogP contribution >= 0.6 is 22.9 Å². The minimum Gasteiger partial charge on any atom is -0.379 e. The second-order valence-electron chi connectivity index (χ2n) is 7.03. The highest BCUT2D eigenvalue weighted by Crippen LogP contribution is 2.35. The van der Waals surface area contributed by atoms with Gasteiger partial charge in [0, 0.05) is 35.8 Å². The van der Waals surface area contributed by atoms with Crippen LogP contribution in [0.4, 0.5) is 4.39 Å². The lowest BCUT2D eigenvalue weighted by Crippen LogP contribution is -2.49. The van der Waals surface area contributed by atoms with Crippen molar-refractivity contribution in [3.05, 3.63) is 33.9 Å². The molecule has 0 spiro atoms. The Balaban J connectivity index is 1.70. The van der Waals surface area contributed by atoms with E-state index in [1.807, 2.05) is 0 Å². The molecule has 1 amide bonds. The third-order valence-corrected chi connectivity index (χ3v) is 6.26. The van der Waals surface area contributed by atoms with Crippen LogP contribution in [0, 0.1) is 11.7 Å². The average Bonchev–Trinajstić information content (AvgIpc) is 2.94. The van der Waals surface area contributed by atoms with Gasteiger partial charge in [0.2, 0.25) is 0 Å². The molecule has 1 aliphatic heterocycles. The summed E-state index contributed by atoms with van der Waals surface area (Å²) >= 11 is 7.58. The molecular weight excluding hydrogens is 375 g/mol. The number of morpholine rings is 1. The first-order chi connectivity index (χ1) is 12.5. The van der Waals surface area contributed by atoms with Crippen molar-refractivity contribution in [3.8, 4) is 0 Å². The van der Waals surface area contributed by atoms with Gasteiger partial charge in [0.15, 0.2) is 0 Å². The molecule has 1 unspecified atom stereocenters. The van der Waals surface area contributed by atoms with Crippen LogP contribution in [0.25, 0.3) is 10.1 Å². The quantitative estimate of drug-likeness (QED) is 0.794. The standard InChI is InChI=1S/C19H24ClFN2O2S/c1-12(2)9-14(23-5-7-25-8-6-23)11-22-19(24)18-17(20)15-4-3-13(21)10-16(15)26-18/h3-4,10,12,14H,5-9,11H2,1-2H3,(H,22,24). The molecule has 1 fully saturated rings. The Kier molecular flexibility index (Phi) is 6.51. The van der Waals surface area contributed by atoms with Crippen LogP contribution in [0.15, 0.2) is 18.2 Å². The van der Waals surface area contributed by atoms with Gasteiger partial charge < -0.3 is 10.1 Å². The number of carbonyl (C=O) groups is 1. The van der Waals surface area contributed by atoms with Gasteiger partial charge in [0.1, 0.15) is 10.7 Å². The summed E-state index contributed by atoms with van der Waals surface area (Å²) in [4.78, 5) is 15.5. The number of thiophene rings is 1. The normalized spacial score (nSPS) is 17.0. The molecule has 4 nitrogen and oxygen atoms in total. The zero-order chi connectivity index (χ0) is 18.7. The van der Waals surface area contributed by atoms with E-state index in [9.17, 15) is 9.18 Å². The van der Waals surface area contributed by atoms with E-state index in [0.717, 1.165) is 38.1 Å². The highest BCUT2D eigenvalue weighted by Gasteiger charge is 2.24. The van der Waals surface area contributed by atoms with Crippen LogP contribution in [-0.2, 0) is 4.74 Å². The number of benzene rings is 1. The first-order valence-corrected chi connectivity index (χ1v) is 10.1. The topological polar surface area (TPSA) is 41.6 Å². The lowest BCUT2D eigenvalue weighted by atomic mass is 10.0. The molecule has 0 bridgehead atoms. The minimum absolute atomic E-state index is 0.196. The molecule has 7 heteroatoms. The zero-order valence-corrected chi connectivity index (χ0v) is 16.6. The van der Waals surface area contributed by atoms with Crippen LogP contribution in [-0.4, -0.2) is 49.7 Å². The molecular formula is C19H24ClFN2O2S. The van der Waals surface area contributed by atoms with Gasteiger partial charge in [-0.2, -0.15) is 0 Å². The van der Waals surface area contributed by atoms with Gasteiger partial charge in [-0.1, -0.05) is 25.4 Å². The maximum Gasteiger partial charge on any atom is 0.262 e. The Bertz CT molecular complexity index is 774. The molecule has 1 aromatic carbocycles. The largest absolute Gasteiger partial charge is 0.379 e. The van der Waals surface area contributed by atoms with Crippen LogP contribution < -0.4 is 5.32 Å². The van der Waals surface area contributed by atoms with Crippen LogP contribution in [0.5, 0.6) is 0 Å². The molecule has 1 aromatic heterocycles. The van der Waals surface area contributed by atoms with Crippen molar-refractivity contribution in [1.82, 2.24) is 10.2 Å². The first-order valence-electron chi connectivity index (χ1n) is 8.93. The fourth-order valence-corrected chi connectivity index (χ4v) is 4.78. The average molecular weight is 399 g/mol. The number of hydrogen-bond donors (Lipinski definition) is 1. The lowest BCUT2D eigenvalue weighted by Gasteiger charge is -2.35. The van der Waals surface area contributed by atoms with Crippen molar-refractivity contribution in [1.29, 1.82) is 0 Å². The molecule has 2 aromatic rings. The van der Waals surface area contributed by atoms with Crippen molar-refractivity contribution in [2.75, 3.05) is 32.8 Å². The van der Waals surface area contributed by atoms with Crippen LogP contribution in [0.3, 0.4) is 0 Å². The van der Waals surface area contributed by atoms with Crippen LogP contribution in [0.2, 0.25) is 5.02 Å². The zero-order valence-electron chi connectivity index (χ0n) is 15.1. The Morgan fingerprint density at radius 3 is 2.81 bits per heavy atom. The summed E-state index contributed by atoms with van der Waals surface area (Å²) < 4.78 is 19.5. The maximum absolute atomic E-state index is 13.4. The van der Waals surface area contributed by atoms with Crippen molar-refractivity contribution >= 4 is 38.9 Å². The van der Waals surface area contributed by atoms with Gasteiger partial charge in [0.05, 0.1) is 18.2 Å². The number of halogens is 2. The highest BCUT2D eigenvalue weighted by atomic mass is 35.5. The van der Waals surface area contributed by atoms with Crippen molar-refractivity contribution < 1.29 is 13.9 Å². The Morgan fingerprint density at radius 1 is 1.38 bits per heavy atom. The predicted molar refractivity (Wildman–Crippen MR) is 105 cm³/mol. The Morgan fingerprint density at radius 2 is 2.12 bits per heavy atom. The van der Waals surface area contributed by atoms with E-state index in [2.05, 4.69) is 24.1 Å². The molecule has 0 saturated carbocycles. The van der Waals surface area contributed by atoms with Crippen molar-refractivity contribution in [2.24, 2.45) is 5.92 Å². The smallest absolute Gasteiger partial charge is 0.262 e. The number of hydrogen-bond acceptors (Lipinski definition) is 4. The van der Waals surface area contributed by atoms with E-state index in [0.29, 0.717) is 27.1 Å². The third kappa shape index (κ3) is 4.55. The minimum atomic E-state index is -0.327. The predicted octanol–water partition coefficient (Wildman–Crippen LogP) is 4.17. The van der Waals surface area contributed by atoms with Gasteiger partial charge in [-0.3, -0.25) is 9.69 Å². The molecule has 1 atom stereocenters. The van der Waals surface area contributed by atoms with Gasteiger partial charge >= 0.3 is 0 Å². The van der Waals surface area contributed by atoms with E-state index in [4.69, 9.17) is 16.3 Å². The third-order valence-electron chi connectivity index (χ3n) is 4.60. The molecule has 2 heterocycles. The van der Waals surface area contributed by atoms with Gasteiger partial charge in [-0.15, -0.1) is 11.3 Å². The second-order valence-corrected chi connectivity index (χ2v) is 8.46. The van der Waals surface area contributed by atoms with E-state index in [1.54, 1.807) is 6.07 Å². The molecule has 1 aliphatic rings. The van der Waals surface area contributed by atoms with Gasteiger partial charge in [0.25, 0.3) is 5.91 Å². The van der Waals surface area contributed by atoms with Gasteiger partial charge in [-0.25, -0.2) is 4.39 Å². The molecule has 3 rings (SSSR count). The highest BCUT2D eigenvalue weighted by molar-refractivity contribution is 7.21. The summed E-state index contributed by atoms with van der Waals surface area (Å²) in [6, 6.07) is 4.67. The number of nitrogens with zero attached hydrogens (tertiary/aromatic N) is 1. The fourth-order valence-electron chi connectivity index (χ4n) is 3.32. The first kappa shape index (κ1) is 19.5. The molecule has 0 radical (unpaired) electrons. The SMILES string of the molecule is CC(C)CC(CNC(=O)c1sc2cc(F)ccc2c1Cl)N1CCOCC1. The summed E-state index contributed by atoms with van der Waals surface area (Å²) in [5, 5.41) is 4.14. The lowest BCUT2D eigenvalue weighted by molar-refractivity contribution is 0.0125. The summed E-state index contributed by atoms with van der Waals surface area (Å²) in [5.41, 5.74) is 0. The van der Waals surface area contributed by atoms with E-state index in [1.165, 1.54) is 23.5 Å². The number of ether oxygens (including phenoxy) is 1. The number of fused-ring (bicyclic) bond motifs is 1. The van der Waals surface area contributed by atoms with E-state index >= 15 is 0 Å².